The molecule has 1 aromatic heterocycles. The molecule has 4 rings (SSSR count). The highest BCUT2D eigenvalue weighted by Gasteiger charge is 2.44. The smallest absolute Gasteiger partial charge is 0.248 e. The van der Waals surface area contributed by atoms with Gasteiger partial charge < -0.3 is 14.5 Å². The van der Waals surface area contributed by atoms with Crippen molar-refractivity contribution in [2.75, 3.05) is 39.9 Å². The second-order valence-electron chi connectivity index (χ2n) is 8.44. The van der Waals surface area contributed by atoms with Crippen LogP contribution in [0.4, 0.5) is 0 Å². The Labute approximate surface area is 182 Å². The predicted molar refractivity (Wildman–Crippen MR) is 119 cm³/mol. The van der Waals surface area contributed by atoms with E-state index in [1.807, 2.05) is 9.80 Å². The quantitative estimate of drug-likeness (QED) is 0.705. The zero-order chi connectivity index (χ0) is 21.0. The van der Waals surface area contributed by atoms with Gasteiger partial charge in [0.25, 0.3) is 0 Å². The summed E-state index contributed by atoms with van der Waals surface area (Å²) < 4.78 is 5.01. The Morgan fingerprint density at radius 2 is 1.70 bits per heavy atom. The largest absolute Gasteiger partial charge is 0.375 e. The van der Waals surface area contributed by atoms with Crippen LogP contribution in [0, 0.1) is 5.41 Å². The third kappa shape index (κ3) is 4.44. The highest BCUT2D eigenvalue weighted by molar-refractivity contribution is 7.13. The van der Waals surface area contributed by atoms with Crippen LogP contribution in [0.3, 0.4) is 0 Å². The van der Waals surface area contributed by atoms with Gasteiger partial charge in [-0.2, -0.15) is 0 Å². The van der Waals surface area contributed by atoms with Gasteiger partial charge in [0, 0.05) is 38.2 Å². The Morgan fingerprint density at radius 1 is 1.00 bits per heavy atom. The van der Waals surface area contributed by atoms with Crippen LogP contribution in [0.15, 0.2) is 41.8 Å². The number of piperidine rings is 1. The van der Waals surface area contributed by atoms with E-state index in [2.05, 4.69) is 41.8 Å². The van der Waals surface area contributed by atoms with Crippen molar-refractivity contribution in [3.63, 3.8) is 0 Å². The Bertz CT molecular complexity index is 849. The summed E-state index contributed by atoms with van der Waals surface area (Å²) in [5.41, 5.74) is 1.99. The highest BCUT2D eigenvalue weighted by Crippen LogP contribution is 2.38. The molecule has 0 aliphatic carbocycles. The maximum Gasteiger partial charge on any atom is 0.248 e. The van der Waals surface area contributed by atoms with E-state index >= 15 is 0 Å². The van der Waals surface area contributed by atoms with Crippen molar-refractivity contribution in [2.24, 2.45) is 5.41 Å². The number of rotatable bonds is 6. The summed E-state index contributed by atoms with van der Waals surface area (Å²) in [5.74, 6) is 0.293. The van der Waals surface area contributed by atoms with E-state index in [1.165, 1.54) is 16.0 Å². The molecule has 2 aromatic rings. The lowest BCUT2D eigenvalue weighted by Gasteiger charge is -2.42. The van der Waals surface area contributed by atoms with Gasteiger partial charge in [-0.1, -0.05) is 30.3 Å². The van der Waals surface area contributed by atoms with Crippen molar-refractivity contribution in [3.8, 4) is 10.4 Å². The lowest BCUT2D eigenvalue weighted by atomic mass is 9.72. The van der Waals surface area contributed by atoms with Gasteiger partial charge in [0.1, 0.15) is 6.61 Å². The van der Waals surface area contributed by atoms with Gasteiger partial charge in [0.05, 0.1) is 5.41 Å². The molecule has 5 nitrogen and oxygen atoms in total. The molecule has 0 spiro atoms. The molecule has 160 valence electrons. The molecular weight excluding hydrogens is 396 g/mol. The normalized spacial score (nSPS) is 18.6. The number of carbonyl (C=O) groups is 2. The molecule has 2 saturated heterocycles. The second-order valence-corrected chi connectivity index (χ2v) is 9.39. The Balaban J connectivity index is 1.52. The summed E-state index contributed by atoms with van der Waals surface area (Å²) in [4.78, 5) is 31.0. The molecule has 0 unspecified atom stereocenters. The van der Waals surface area contributed by atoms with E-state index in [-0.39, 0.29) is 18.4 Å². The summed E-state index contributed by atoms with van der Waals surface area (Å²) in [6.07, 6.45) is 4.35. The van der Waals surface area contributed by atoms with Crippen molar-refractivity contribution >= 4 is 23.2 Å². The topological polar surface area (TPSA) is 49.9 Å². The van der Waals surface area contributed by atoms with Gasteiger partial charge >= 0.3 is 0 Å². The van der Waals surface area contributed by atoms with Crippen LogP contribution in [-0.2, 0) is 20.7 Å². The zero-order valence-electron chi connectivity index (χ0n) is 17.6. The minimum atomic E-state index is -0.418. The van der Waals surface area contributed by atoms with Gasteiger partial charge in [-0.15, -0.1) is 11.3 Å². The van der Waals surface area contributed by atoms with E-state index in [4.69, 9.17) is 4.74 Å². The van der Waals surface area contributed by atoms with Crippen molar-refractivity contribution in [2.45, 2.75) is 32.1 Å². The molecule has 2 amide bonds. The minimum Gasteiger partial charge on any atom is -0.375 e. The van der Waals surface area contributed by atoms with E-state index in [1.54, 1.807) is 18.4 Å². The van der Waals surface area contributed by atoms with Crippen LogP contribution in [0.5, 0.6) is 0 Å². The predicted octanol–water partition coefficient (Wildman–Crippen LogP) is 3.84. The first-order valence-electron chi connectivity index (χ1n) is 10.8. The summed E-state index contributed by atoms with van der Waals surface area (Å²) >= 11 is 1.74. The number of nitrogens with zero attached hydrogens (tertiary/aromatic N) is 2. The molecule has 6 heteroatoms. The van der Waals surface area contributed by atoms with E-state index in [9.17, 15) is 9.59 Å². The minimum absolute atomic E-state index is 0.0139. The number of carbonyl (C=O) groups excluding carboxylic acids is 2. The summed E-state index contributed by atoms with van der Waals surface area (Å²) in [6.45, 7) is 3.08. The van der Waals surface area contributed by atoms with Crippen LogP contribution in [0.1, 0.15) is 31.2 Å². The summed E-state index contributed by atoms with van der Waals surface area (Å²) in [6, 6.07) is 12.8. The summed E-state index contributed by atoms with van der Waals surface area (Å²) in [7, 11) is 1.54. The SMILES string of the molecule is COCC(=O)N1CCC(Cc2ccc(-c3cccs3)cc2)(C(=O)N2CCCC2)CC1. The molecule has 2 fully saturated rings. The van der Waals surface area contributed by atoms with Crippen LogP contribution in [0.2, 0.25) is 0 Å². The Hall–Kier alpha value is -2.18. The zero-order valence-corrected chi connectivity index (χ0v) is 18.5. The van der Waals surface area contributed by atoms with Gasteiger partial charge in [0.2, 0.25) is 11.8 Å². The molecule has 0 N–H and O–H groups in total. The summed E-state index contributed by atoms with van der Waals surface area (Å²) in [5, 5.41) is 2.09. The molecule has 2 aliphatic heterocycles. The van der Waals surface area contributed by atoms with Crippen LogP contribution >= 0.6 is 11.3 Å². The highest BCUT2D eigenvalue weighted by atomic mass is 32.1. The number of ether oxygens (including phenoxy) is 1. The number of thiophene rings is 1. The first-order valence-corrected chi connectivity index (χ1v) is 11.7. The number of benzene rings is 1. The van der Waals surface area contributed by atoms with E-state index in [0.29, 0.717) is 25.9 Å². The second kappa shape index (κ2) is 9.31. The average molecular weight is 427 g/mol. The molecule has 30 heavy (non-hydrogen) atoms. The molecule has 0 radical (unpaired) electrons. The van der Waals surface area contributed by atoms with Crippen LogP contribution in [-0.4, -0.2) is 61.5 Å². The lowest BCUT2D eigenvalue weighted by Crippen LogP contribution is -2.52. The molecule has 2 aliphatic rings. The van der Waals surface area contributed by atoms with Gasteiger partial charge in [-0.25, -0.2) is 0 Å². The molecule has 0 bridgehead atoms. The standard InChI is InChI=1S/C24H30N2O3S/c1-29-18-22(27)25-14-10-24(11-15-25,23(28)26-12-2-3-13-26)17-19-6-8-20(9-7-19)21-5-4-16-30-21/h4-9,16H,2-3,10-15,17-18H2,1H3. The fraction of sp³-hybridized carbons (Fsp3) is 0.500. The van der Waals surface area contributed by atoms with Crippen molar-refractivity contribution in [1.29, 1.82) is 0 Å². The van der Waals surface area contributed by atoms with Crippen molar-refractivity contribution in [1.82, 2.24) is 9.80 Å². The monoisotopic (exact) mass is 426 g/mol. The van der Waals surface area contributed by atoms with E-state index in [0.717, 1.165) is 32.4 Å². The number of hydrogen-bond acceptors (Lipinski definition) is 4. The van der Waals surface area contributed by atoms with Gasteiger partial charge in [-0.05, 0) is 54.7 Å². The fourth-order valence-corrected chi connectivity index (χ4v) is 5.47. The Kier molecular flexibility index (Phi) is 6.54. The number of likely N-dealkylation sites (tertiary alicyclic amines) is 2. The fourth-order valence-electron chi connectivity index (χ4n) is 4.74. The molecule has 1 aromatic carbocycles. The van der Waals surface area contributed by atoms with Gasteiger partial charge in [0.15, 0.2) is 0 Å². The first-order chi connectivity index (χ1) is 14.6. The third-order valence-electron chi connectivity index (χ3n) is 6.49. The number of amides is 2. The van der Waals surface area contributed by atoms with Crippen LogP contribution < -0.4 is 0 Å². The average Bonchev–Trinajstić information content (AvgIpc) is 3.49. The lowest BCUT2D eigenvalue weighted by molar-refractivity contribution is -0.148. The van der Waals surface area contributed by atoms with Crippen molar-refractivity contribution in [3.05, 3.63) is 47.3 Å². The molecule has 0 atom stereocenters. The molecular formula is C24H30N2O3S. The number of methoxy groups -OCH3 is 1. The Morgan fingerprint density at radius 3 is 2.30 bits per heavy atom. The van der Waals surface area contributed by atoms with E-state index < -0.39 is 5.41 Å². The van der Waals surface area contributed by atoms with Gasteiger partial charge in [-0.3, -0.25) is 9.59 Å². The maximum absolute atomic E-state index is 13.6. The van der Waals surface area contributed by atoms with Crippen LogP contribution in [0.25, 0.3) is 10.4 Å². The number of hydrogen-bond donors (Lipinski definition) is 0. The molecule has 3 heterocycles. The molecule has 0 saturated carbocycles. The maximum atomic E-state index is 13.6. The third-order valence-corrected chi connectivity index (χ3v) is 7.41. The van der Waals surface area contributed by atoms with Crippen molar-refractivity contribution < 1.29 is 14.3 Å². The first kappa shape index (κ1) is 21.1.